The topological polar surface area (TPSA) is 91.4 Å². The predicted molar refractivity (Wildman–Crippen MR) is 67.9 cm³/mol. The third kappa shape index (κ3) is 3.90. The molecule has 0 radical (unpaired) electrons. The lowest BCUT2D eigenvalue weighted by molar-refractivity contribution is -0.386. The van der Waals surface area contributed by atoms with Gasteiger partial charge >= 0.3 is 11.7 Å². The Labute approximate surface area is 110 Å². The largest absolute Gasteiger partial charge is 0.458 e. The summed E-state index contributed by atoms with van der Waals surface area (Å²) in [6, 6.07) is 0.303. The maximum Gasteiger partial charge on any atom is 0.332 e. The highest BCUT2D eigenvalue weighted by molar-refractivity contribution is 5.74. The van der Waals surface area contributed by atoms with Crippen molar-refractivity contribution in [3.8, 4) is 0 Å². The van der Waals surface area contributed by atoms with E-state index < -0.39 is 33.7 Å². The molecule has 0 saturated carbocycles. The summed E-state index contributed by atoms with van der Waals surface area (Å²) in [7, 11) is 0. The number of esters is 1. The number of rotatable bonds is 3. The van der Waals surface area contributed by atoms with E-state index in [0.29, 0.717) is 0 Å². The molecule has 0 bridgehead atoms. The highest BCUT2D eigenvalue weighted by Crippen LogP contribution is 2.15. The highest BCUT2D eigenvalue weighted by Gasteiger charge is 2.24. The van der Waals surface area contributed by atoms with Crippen LogP contribution in [0.5, 0.6) is 0 Å². The Morgan fingerprint density at radius 2 is 2.05 bits per heavy atom. The number of aromatic nitrogens is 1. The molecular weight excluding hydrogens is 252 g/mol. The molecule has 1 aromatic rings. The molecule has 1 atom stereocenters. The summed E-state index contributed by atoms with van der Waals surface area (Å²) >= 11 is 0. The van der Waals surface area contributed by atoms with E-state index >= 15 is 0 Å². The molecule has 0 amide bonds. The number of nitrogens with zero attached hydrogens (tertiary/aromatic N) is 2. The van der Waals surface area contributed by atoms with Gasteiger partial charge in [0, 0.05) is 12.3 Å². The molecule has 0 aromatic carbocycles. The standard InChI is InChI=1S/C12H16N2O5/c1-8(11(16)19-12(2,3)4)13-6-5-10(15)9(7-13)14(17)18/h5-8H,1-4H3. The minimum Gasteiger partial charge on any atom is -0.458 e. The van der Waals surface area contributed by atoms with Crippen molar-refractivity contribution in [1.82, 2.24) is 4.57 Å². The molecule has 0 N–H and O–H groups in total. The van der Waals surface area contributed by atoms with E-state index in [9.17, 15) is 19.7 Å². The molecule has 1 unspecified atom stereocenters. The van der Waals surface area contributed by atoms with Crippen molar-refractivity contribution in [3.63, 3.8) is 0 Å². The molecule has 7 nitrogen and oxygen atoms in total. The van der Waals surface area contributed by atoms with Crippen molar-refractivity contribution in [2.75, 3.05) is 0 Å². The van der Waals surface area contributed by atoms with Crippen LogP contribution in [0.4, 0.5) is 5.69 Å². The zero-order chi connectivity index (χ0) is 14.8. The van der Waals surface area contributed by atoms with Crippen molar-refractivity contribution < 1.29 is 14.5 Å². The van der Waals surface area contributed by atoms with E-state index in [1.54, 1.807) is 27.7 Å². The first-order valence-electron chi connectivity index (χ1n) is 5.71. The second-order valence-electron chi connectivity index (χ2n) is 5.11. The van der Waals surface area contributed by atoms with Crippen LogP contribution in [0.15, 0.2) is 23.3 Å². The lowest BCUT2D eigenvalue weighted by Gasteiger charge is -2.23. The van der Waals surface area contributed by atoms with Crippen molar-refractivity contribution in [3.05, 3.63) is 38.8 Å². The van der Waals surface area contributed by atoms with Gasteiger partial charge in [-0.05, 0) is 27.7 Å². The zero-order valence-corrected chi connectivity index (χ0v) is 11.2. The van der Waals surface area contributed by atoms with E-state index in [4.69, 9.17) is 4.74 Å². The lowest BCUT2D eigenvalue weighted by atomic mass is 10.2. The van der Waals surface area contributed by atoms with Crippen molar-refractivity contribution in [2.45, 2.75) is 39.3 Å². The molecule has 19 heavy (non-hydrogen) atoms. The van der Waals surface area contributed by atoms with Gasteiger partial charge in [-0.3, -0.25) is 14.9 Å². The Kier molecular flexibility index (Phi) is 4.08. The van der Waals surface area contributed by atoms with E-state index in [1.165, 1.54) is 10.8 Å². The van der Waals surface area contributed by atoms with Crippen molar-refractivity contribution >= 4 is 11.7 Å². The van der Waals surface area contributed by atoms with Crippen LogP contribution < -0.4 is 5.43 Å². The fraction of sp³-hybridized carbons (Fsp3) is 0.500. The predicted octanol–water partition coefficient (Wildman–Crippen LogP) is 1.66. The number of carbonyl (C=O) groups is 1. The average Bonchev–Trinajstić information content (AvgIpc) is 2.26. The van der Waals surface area contributed by atoms with E-state index in [-0.39, 0.29) is 0 Å². The molecular formula is C12H16N2O5. The van der Waals surface area contributed by atoms with E-state index in [0.717, 1.165) is 12.3 Å². The fourth-order valence-corrected chi connectivity index (χ4v) is 1.37. The van der Waals surface area contributed by atoms with Crippen LogP contribution in [0, 0.1) is 10.1 Å². The molecule has 0 aliphatic rings. The van der Waals surface area contributed by atoms with Crippen LogP contribution in [0.25, 0.3) is 0 Å². The smallest absolute Gasteiger partial charge is 0.332 e. The van der Waals surface area contributed by atoms with Gasteiger partial charge in [0.05, 0.1) is 11.1 Å². The summed E-state index contributed by atoms with van der Waals surface area (Å²) in [5.41, 5.74) is -1.91. The second-order valence-corrected chi connectivity index (χ2v) is 5.11. The first kappa shape index (κ1) is 14.9. The molecule has 1 heterocycles. The molecule has 104 valence electrons. The Hall–Kier alpha value is -2.18. The first-order chi connectivity index (χ1) is 8.61. The molecule has 0 saturated heterocycles. The highest BCUT2D eigenvalue weighted by atomic mass is 16.6. The van der Waals surface area contributed by atoms with E-state index in [1.807, 2.05) is 0 Å². The minimum atomic E-state index is -0.777. The number of carbonyl (C=O) groups excluding carboxylic acids is 1. The SMILES string of the molecule is CC(C(=O)OC(C)(C)C)n1ccc(=O)c([N+](=O)[O-])c1. The lowest BCUT2D eigenvalue weighted by Crippen LogP contribution is -2.29. The number of pyridine rings is 1. The summed E-state index contributed by atoms with van der Waals surface area (Å²) < 4.78 is 6.46. The fourth-order valence-electron chi connectivity index (χ4n) is 1.37. The quantitative estimate of drug-likeness (QED) is 0.472. The van der Waals surface area contributed by atoms with Crippen LogP contribution in [0.1, 0.15) is 33.7 Å². The van der Waals surface area contributed by atoms with Gasteiger partial charge in [-0.1, -0.05) is 0 Å². The molecule has 0 aliphatic heterocycles. The molecule has 0 aliphatic carbocycles. The summed E-state index contributed by atoms with van der Waals surface area (Å²) in [6.45, 7) is 6.73. The molecule has 0 spiro atoms. The number of ether oxygens (including phenoxy) is 1. The van der Waals surface area contributed by atoms with Crippen molar-refractivity contribution in [1.29, 1.82) is 0 Å². The first-order valence-corrected chi connectivity index (χ1v) is 5.71. The van der Waals surface area contributed by atoms with Crippen LogP contribution >= 0.6 is 0 Å². The van der Waals surface area contributed by atoms with Crippen molar-refractivity contribution in [2.24, 2.45) is 0 Å². The van der Waals surface area contributed by atoms with E-state index in [2.05, 4.69) is 0 Å². The van der Waals surface area contributed by atoms with Gasteiger partial charge in [-0.2, -0.15) is 0 Å². The summed E-state index contributed by atoms with van der Waals surface area (Å²) in [4.78, 5) is 33.0. The second kappa shape index (κ2) is 5.21. The number of hydrogen-bond donors (Lipinski definition) is 0. The monoisotopic (exact) mass is 268 g/mol. The summed E-state index contributed by atoms with van der Waals surface area (Å²) in [5, 5.41) is 10.7. The zero-order valence-electron chi connectivity index (χ0n) is 11.2. The molecule has 0 fully saturated rings. The molecule has 1 aromatic heterocycles. The van der Waals surface area contributed by atoms with Crippen LogP contribution in [-0.4, -0.2) is 21.1 Å². The van der Waals surface area contributed by atoms with Gasteiger partial charge < -0.3 is 9.30 Å². The van der Waals surface area contributed by atoms with Crippen LogP contribution in [0.2, 0.25) is 0 Å². The maximum absolute atomic E-state index is 11.8. The van der Waals surface area contributed by atoms with Gasteiger partial charge in [0.1, 0.15) is 11.6 Å². The van der Waals surface area contributed by atoms with Gasteiger partial charge in [0.2, 0.25) is 0 Å². The summed E-state index contributed by atoms with van der Waals surface area (Å²) in [5.74, 6) is -0.523. The van der Waals surface area contributed by atoms with Crippen LogP contribution in [-0.2, 0) is 9.53 Å². The Bertz CT molecular complexity index is 556. The summed E-state index contributed by atoms with van der Waals surface area (Å²) in [6.07, 6.45) is 2.36. The van der Waals surface area contributed by atoms with Gasteiger partial charge in [0.15, 0.2) is 0 Å². The maximum atomic E-state index is 11.8. The normalized spacial score (nSPS) is 12.8. The third-order valence-electron chi connectivity index (χ3n) is 2.31. The third-order valence-corrected chi connectivity index (χ3v) is 2.31. The Morgan fingerprint density at radius 1 is 1.47 bits per heavy atom. The Morgan fingerprint density at radius 3 is 2.53 bits per heavy atom. The number of hydrogen-bond acceptors (Lipinski definition) is 5. The minimum absolute atomic E-state index is 0.523. The molecule has 7 heteroatoms. The van der Waals surface area contributed by atoms with Gasteiger partial charge in [-0.15, -0.1) is 0 Å². The van der Waals surface area contributed by atoms with Gasteiger partial charge in [-0.25, -0.2) is 4.79 Å². The van der Waals surface area contributed by atoms with Crippen LogP contribution in [0.3, 0.4) is 0 Å². The number of nitro groups is 1. The Balaban J connectivity index is 3.04. The average molecular weight is 268 g/mol. The molecule has 1 rings (SSSR count). The van der Waals surface area contributed by atoms with Gasteiger partial charge in [0.25, 0.3) is 5.43 Å².